The summed E-state index contributed by atoms with van der Waals surface area (Å²) in [5, 5.41) is 12.3. The van der Waals surface area contributed by atoms with Gasteiger partial charge in [-0.1, -0.05) is 6.92 Å². The van der Waals surface area contributed by atoms with Gasteiger partial charge in [-0.05, 0) is 25.2 Å². The van der Waals surface area contributed by atoms with Gasteiger partial charge in [0.2, 0.25) is 5.91 Å². The smallest absolute Gasteiger partial charge is 0.247 e. The summed E-state index contributed by atoms with van der Waals surface area (Å²) >= 11 is 0. The molecule has 13 heavy (non-hydrogen) atoms. The van der Waals surface area contributed by atoms with E-state index < -0.39 is 12.0 Å². The predicted molar refractivity (Wildman–Crippen MR) is 50.0 cm³/mol. The molecule has 0 aromatic carbocycles. The van der Waals surface area contributed by atoms with Gasteiger partial charge in [0.1, 0.15) is 6.10 Å². The lowest BCUT2D eigenvalue weighted by Gasteiger charge is -2.17. The van der Waals surface area contributed by atoms with Gasteiger partial charge >= 0.3 is 0 Å². The average Bonchev–Trinajstić information content (AvgIpc) is 2.88. The summed E-state index contributed by atoms with van der Waals surface area (Å²) in [4.78, 5) is 10.5. The first-order valence-electron chi connectivity index (χ1n) is 4.86. The molecule has 0 bridgehead atoms. The summed E-state index contributed by atoms with van der Waals surface area (Å²) in [5.74, 6) is 0.0863. The first kappa shape index (κ1) is 10.5. The van der Waals surface area contributed by atoms with Crippen molar-refractivity contribution in [1.82, 2.24) is 5.32 Å². The number of hydrogen-bond donors (Lipinski definition) is 3. The second kappa shape index (κ2) is 4.58. The Morgan fingerprint density at radius 3 is 2.69 bits per heavy atom. The fraction of sp³-hybridized carbons (Fsp3) is 0.889. The number of nitrogens with two attached hydrogens (primary N) is 1. The molecule has 0 aliphatic heterocycles. The highest BCUT2D eigenvalue weighted by Gasteiger charge is 2.30. The van der Waals surface area contributed by atoms with Crippen molar-refractivity contribution in [2.45, 2.75) is 38.3 Å². The van der Waals surface area contributed by atoms with Gasteiger partial charge in [0.25, 0.3) is 0 Å². The Kier molecular flexibility index (Phi) is 3.69. The topological polar surface area (TPSA) is 75.3 Å². The summed E-state index contributed by atoms with van der Waals surface area (Å²) in [6.45, 7) is 2.39. The molecule has 1 aliphatic carbocycles. The molecule has 4 N–H and O–H groups in total. The monoisotopic (exact) mass is 186 g/mol. The SMILES string of the molecule is CCC(NCC(O)C(N)=O)C1CC1. The predicted octanol–water partition coefficient (Wildman–Crippen LogP) is -0.389. The van der Waals surface area contributed by atoms with Crippen LogP contribution in [0.3, 0.4) is 0 Å². The maximum atomic E-state index is 10.5. The minimum atomic E-state index is -1.05. The molecule has 1 amide bonds. The zero-order valence-electron chi connectivity index (χ0n) is 7.99. The van der Waals surface area contributed by atoms with Crippen LogP contribution in [0.15, 0.2) is 0 Å². The third kappa shape index (κ3) is 3.32. The maximum absolute atomic E-state index is 10.5. The summed E-state index contributed by atoms with van der Waals surface area (Å²) in [7, 11) is 0. The minimum absolute atomic E-state index is 0.282. The molecule has 0 saturated heterocycles. The van der Waals surface area contributed by atoms with Crippen molar-refractivity contribution in [3.05, 3.63) is 0 Å². The maximum Gasteiger partial charge on any atom is 0.247 e. The highest BCUT2D eigenvalue weighted by atomic mass is 16.3. The van der Waals surface area contributed by atoms with Gasteiger partial charge in [-0.25, -0.2) is 0 Å². The Morgan fingerprint density at radius 1 is 1.69 bits per heavy atom. The van der Waals surface area contributed by atoms with E-state index in [9.17, 15) is 4.79 Å². The molecule has 0 heterocycles. The number of primary amides is 1. The number of nitrogens with one attached hydrogen (secondary N) is 1. The van der Waals surface area contributed by atoms with Crippen molar-refractivity contribution < 1.29 is 9.90 Å². The third-order valence-electron chi connectivity index (χ3n) is 2.53. The zero-order valence-corrected chi connectivity index (χ0v) is 7.99. The van der Waals surface area contributed by atoms with Crippen LogP contribution in [-0.4, -0.2) is 29.7 Å². The first-order valence-corrected chi connectivity index (χ1v) is 4.86. The molecular weight excluding hydrogens is 168 g/mol. The third-order valence-corrected chi connectivity index (χ3v) is 2.53. The van der Waals surface area contributed by atoms with Crippen LogP contribution in [0.2, 0.25) is 0 Å². The van der Waals surface area contributed by atoms with Crippen molar-refractivity contribution >= 4 is 5.91 Å². The quantitative estimate of drug-likeness (QED) is 0.529. The van der Waals surface area contributed by atoms with Crippen molar-refractivity contribution in [3.8, 4) is 0 Å². The van der Waals surface area contributed by atoms with Gasteiger partial charge in [0, 0.05) is 12.6 Å². The Bertz CT molecular complexity index is 180. The fourth-order valence-electron chi connectivity index (χ4n) is 1.51. The van der Waals surface area contributed by atoms with Crippen LogP contribution in [0.1, 0.15) is 26.2 Å². The van der Waals surface area contributed by atoms with E-state index >= 15 is 0 Å². The molecular formula is C9H18N2O2. The van der Waals surface area contributed by atoms with Gasteiger partial charge in [-0.3, -0.25) is 4.79 Å². The van der Waals surface area contributed by atoms with Gasteiger partial charge in [0.15, 0.2) is 0 Å². The van der Waals surface area contributed by atoms with Crippen LogP contribution >= 0.6 is 0 Å². The molecule has 0 aromatic rings. The second-order valence-corrected chi connectivity index (χ2v) is 3.68. The summed E-state index contributed by atoms with van der Waals surface area (Å²) in [6, 6.07) is 0.439. The van der Waals surface area contributed by atoms with Gasteiger partial charge in [-0.2, -0.15) is 0 Å². The Hall–Kier alpha value is -0.610. The van der Waals surface area contributed by atoms with Crippen LogP contribution in [-0.2, 0) is 4.79 Å². The van der Waals surface area contributed by atoms with Crippen molar-refractivity contribution in [2.75, 3.05) is 6.54 Å². The molecule has 1 aliphatic rings. The lowest BCUT2D eigenvalue weighted by molar-refractivity contribution is -0.125. The van der Waals surface area contributed by atoms with Crippen LogP contribution in [0.25, 0.3) is 0 Å². The largest absolute Gasteiger partial charge is 0.382 e. The van der Waals surface area contributed by atoms with E-state index in [0.29, 0.717) is 6.04 Å². The molecule has 1 fully saturated rings. The second-order valence-electron chi connectivity index (χ2n) is 3.68. The molecule has 2 atom stereocenters. The molecule has 76 valence electrons. The van der Waals surface area contributed by atoms with E-state index in [1.165, 1.54) is 12.8 Å². The Labute approximate surface area is 78.5 Å². The van der Waals surface area contributed by atoms with Gasteiger partial charge in [-0.15, -0.1) is 0 Å². The van der Waals surface area contributed by atoms with Crippen LogP contribution in [0, 0.1) is 5.92 Å². The first-order chi connectivity index (χ1) is 6.15. The standard InChI is InChI=1S/C9H18N2O2/c1-2-7(6-3-4-6)11-5-8(12)9(10)13/h6-8,11-12H,2-5H2,1H3,(H2,10,13). The molecule has 0 aromatic heterocycles. The van der Waals surface area contributed by atoms with Crippen molar-refractivity contribution in [2.24, 2.45) is 11.7 Å². The van der Waals surface area contributed by atoms with Gasteiger partial charge in [0.05, 0.1) is 0 Å². The van der Waals surface area contributed by atoms with E-state index in [2.05, 4.69) is 12.2 Å². The number of amides is 1. The number of carbonyl (C=O) groups excluding carboxylic acids is 1. The van der Waals surface area contributed by atoms with E-state index in [-0.39, 0.29) is 6.54 Å². The number of aliphatic hydroxyl groups is 1. The summed E-state index contributed by atoms with van der Waals surface area (Å²) in [6.07, 6.45) is 2.51. The summed E-state index contributed by atoms with van der Waals surface area (Å²) < 4.78 is 0. The van der Waals surface area contributed by atoms with E-state index in [4.69, 9.17) is 10.8 Å². The highest BCUT2D eigenvalue weighted by Crippen LogP contribution is 2.33. The number of hydrogen-bond acceptors (Lipinski definition) is 3. The van der Waals surface area contributed by atoms with Crippen molar-refractivity contribution in [3.63, 3.8) is 0 Å². The average molecular weight is 186 g/mol. The summed E-state index contributed by atoms with van der Waals surface area (Å²) in [5.41, 5.74) is 4.93. The molecule has 0 radical (unpaired) electrons. The Balaban J connectivity index is 2.18. The molecule has 4 nitrogen and oxygen atoms in total. The molecule has 0 spiro atoms. The zero-order chi connectivity index (χ0) is 9.84. The molecule has 1 rings (SSSR count). The van der Waals surface area contributed by atoms with E-state index in [0.717, 1.165) is 12.3 Å². The number of aliphatic hydroxyl groups excluding tert-OH is 1. The van der Waals surface area contributed by atoms with Gasteiger partial charge < -0.3 is 16.2 Å². The normalized spacial score (nSPS) is 21.1. The van der Waals surface area contributed by atoms with Crippen LogP contribution in [0.5, 0.6) is 0 Å². The van der Waals surface area contributed by atoms with Crippen LogP contribution in [0.4, 0.5) is 0 Å². The highest BCUT2D eigenvalue weighted by molar-refractivity contribution is 5.78. The van der Waals surface area contributed by atoms with E-state index in [1.54, 1.807) is 0 Å². The fourth-order valence-corrected chi connectivity index (χ4v) is 1.51. The number of carbonyl (C=O) groups is 1. The lowest BCUT2D eigenvalue weighted by atomic mass is 10.1. The van der Waals surface area contributed by atoms with Crippen molar-refractivity contribution in [1.29, 1.82) is 0 Å². The van der Waals surface area contributed by atoms with E-state index in [1.807, 2.05) is 0 Å². The Morgan fingerprint density at radius 2 is 2.31 bits per heavy atom. The molecule has 1 saturated carbocycles. The molecule has 4 heteroatoms. The number of rotatable bonds is 6. The van der Waals surface area contributed by atoms with Crippen LogP contribution < -0.4 is 11.1 Å². The lowest BCUT2D eigenvalue weighted by Crippen LogP contribution is -2.42. The minimum Gasteiger partial charge on any atom is -0.382 e. The molecule has 2 unspecified atom stereocenters.